The molecule has 0 N–H and O–H groups in total. The molecule has 0 atom stereocenters. The van der Waals surface area contributed by atoms with Crippen molar-refractivity contribution < 1.29 is 9.15 Å². The highest BCUT2D eigenvalue weighted by Gasteiger charge is 2.07. The Balaban J connectivity index is 1.81. The minimum Gasteiger partial charge on any atom is -0.497 e. The van der Waals surface area contributed by atoms with E-state index in [0.29, 0.717) is 11.8 Å². The number of ether oxygens (including phenoxy) is 1. The van der Waals surface area contributed by atoms with E-state index < -0.39 is 0 Å². The number of benzene rings is 1. The third-order valence-corrected chi connectivity index (χ3v) is 2.86. The van der Waals surface area contributed by atoms with Crippen LogP contribution in [0.15, 0.2) is 53.2 Å². The highest BCUT2D eigenvalue weighted by Crippen LogP contribution is 2.23. The van der Waals surface area contributed by atoms with Gasteiger partial charge in [0.25, 0.3) is 0 Å². The van der Waals surface area contributed by atoms with Crippen LogP contribution in [0.4, 0.5) is 0 Å². The average Bonchev–Trinajstić information content (AvgIpc) is 3.03. The van der Waals surface area contributed by atoms with Crippen molar-refractivity contribution in [3.8, 4) is 17.2 Å². The van der Waals surface area contributed by atoms with E-state index >= 15 is 0 Å². The van der Waals surface area contributed by atoms with E-state index in [1.807, 2.05) is 42.5 Å². The first-order valence-electron chi connectivity index (χ1n) is 6.41. The normalized spacial score (nSPS) is 10.9. The van der Waals surface area contributed by atoms with Gasteiger partial charge in [0, 0.05) is 24.0 Å². The maximum absolute atomic E-state index is 5.61. The number of hydrogen-bond acceptors (Lipinski definition) is 5. The summed E-state index contributed by atoms with van der Waals surface area (Å²) in [6.07, 6.45) is 7.12. The van der Waals surface area contributed by atoms with Gasteiger partial charge in [0.15, 0.2) is 0 Å². The molecule has 3 rings (SSSR count). The molecule has 0 radical (unpaired) electrons. The van der Waals surface area contributed by atoms with Crippen molar-refractivity contribution in [2.24, 2.45) is 0 Å². The number of nitrogens with zero attached hydrogens (tertiary/aromatic N) is 3. The summed E-state index contributed by atoms with van der Waals surface area (Å²) in [7, 11) is 1.62. The molecule has 1 aromatic carbocycles. The monoisotopic (exact) mass is 279 g/mol. The van der Waals surface area contributed by atoms with E-state index in [4.69, 9.17) is 9.15 Å². The second kappa shape index (κ2) is 6.00. The standard InChI is InChI=1S/C16H13N3O2/c1-20-14-6-2-5-13(10-14)16-19-18-15(21-16)8-7-12-4-3-9-17-11-12/h2-11H,1H3/b8-7+. The Morgan fingerprint density at radius 1 is 1.10 bits per heavy atom. The van der Waals surface area contributed by atoms with E-state index in [1.54, 1.807) is 25.6 Å². The van der Waals surface area contributed by atoms with Gasteiger partial charge in [-0.1, -0.05) is 12.1 Å². The molecule has 3 aromatic rings. The van der Waals surface area contributed by atoms with Crippen LogP contribution in [0.3, 0.4) is 0 Å². The molecule has 2 heterocycles. The molecule has 0 saturated carbocycles. The predicted octanol–water partition coefficient (Wildman–Crippen LogP) is 3.31. The second-order valence-electron chi connectivity index (χ2n) is 4.30. The van der Waals surface area contributed by atoms with Crippen LogP contribution in [0.1, 0.15) is 11.5 Å². The molecule has 0 unspecified atom stereocenters. The summed E-state index contributed by atoms with van der Waals surface area (Å²) in [5.41, 5.74) is 1.79. The minimum absolute atomic E-state index is 0.441. The first kappa shape index (κ1) is 13.1. The Labute approximate surface area is 121 Å². The Kier molecular flexibility index (Phi) is 3.73. The zero-order valence-corrected chi connectivity index (χ0v) is 11.4. The van der Waals surface area contributed by atoms with E-state index in [-0.39, 0.29) is 0 Å². The summed E-state index contributed by atoms with van der Waals surface area (Å²) in [6, 6.07) is 11.3. The van der Waals surface area contributed by atoms with Gasteiger partial charge in [-0.05, 0) is 35.9 Å². The maximum Gasteiger partial charge on any atom is 0.248 e. The largest absolute Gasteiger partial charge is 0.497 e. The summed E-state index contributed by atoms with van der Waals surface area (Å²) in [5.74, 6) is 1.65. The fourth-order valence-electron chi connectivity index (χ4n) is 1.82. The van der Waals surface area contributed by atoms with Gasteiger partial charge >= 0.3 is 0 Å². The molecule has 0 aliphatic rings. The SMILES string of the molecule is COc1cccc(-c2nnc(/C=C/c3cccnc3)o2)c1. The molecular formula is C16H13N3O2. The van der Waals surface area contributed by atoms with Crippen LogP contribution in [0.5, 0.6) is 5.75 Å². The van der Waals surface area contributed by atoms with E-state index in [9.17, 15) is 0 Å². The van der Waals surface area contributed by atoms with Crippen LogP contribution in [0, 0.1) is 0 Å². The Hall–Kier alpha value is -2.95. The van der Waals surface area contributed by atoms with Gasteiger partial charge in [0.05, 0.1) is 7.11 Å². The summed E-state index contributed by atoms with van der Waals surface area (Å²) in [5, 5.41) is 8.03. The molecule has 2 aromatic heterocycles. The van der Waals surface area contributed by atoms with Crippen molar-refractivity contribution in [2.75, 3.05) is 7.11 Å². The van der Waals surface area contributed by atoms with Crippen molar-refractivity contribution in [3.63, 3.8) is 0 Å². The van der Waals surface area contributed by atoms with Crippen molar-refractivity contribution in [2.45, 2.75) is 0 Å². The van der Waals surface area contributed by atoms with Crippen LogP contribution >= 0.6 is 0 Å². The van der Waals surface area contributed by atoms with Crippen LogP contribution < -0.4 is 4.74 Å². The summed E-state index contributed by atoms with van der Waals surface area (Å²) in [4.78, 5) is 4.04. The van der Waals surface area contributed by atoms with Crippen molar-refractivity contribution >= 4 is 12.2 Å². The van der Waals surface area contributed by atoms with Crippen molar-refractivity contribution in [1.82, 2.24) is 15.2 Å². The topological polar surface area (TPSA) is 61.0 Å². The molecule has 104 valence electrons. The first-order valence-corrected chi connectivity index (χ1v) is 6.41. The Morgan fingerprint density at radius 3 is 2.86 bits per heavy atom. The highest BCUT2D eigenvalue weighted by atomic mass is 16.5. The first-order chi connectivity index (χ1) is 10.3. The average molecular weight is 279 g/mol. The van der Waals surface area contributed by atoms with E-state index in [1.165, 1.54) is 0 Å². The van der Waals surface area contributed by atoms with Gasteiger partial charge in [-0.3, -0.25) is 4.98 Å². The summed E-state index contributed by atoms with van der Waals surface area (Å²) in [6.45, 7) is 0. The smallest absolute Gasteiger partial charge is 0.248 e. The molecule has 0 bridgehead atoms. The minimum atomic E-state index is 0.441. The van der Waals surface area contributed by atoms with Crippen LogP contribution in [0.25, 0.3) is 23.6 Å². The molecule has 21 heavy (non-hydrogen) atoms. The second-order valence-corrected chi connectivity index (χ2v) is 4.30. The lowest BCUT2D eigenvalue weighted by Crippen LogP contribution is -1.83. The molecule has 0 aliphatic heterocycles. The third kappa shape index (κ3) is 3.14. The molecule has 0 aliphatic carbocycles. The lowest BCUT2D eigenvalue weighted by Gasteiger charge is -1.99. The lowest BCUT2D eigenvalue weighted by atomic mass is 10.2. The number of hydrogen-bond donors (Lipinski definition) is 0. The fourth-order valence-corrected chi connectivity index (χ4v) is 1.82. The molecule has 0 saturated heterocycles. The maximum atomic E-state index is 5.61. The van der Waals surface area contributed by atoms with Gasteiger partial charge in [0.1, 0.15) is 5.75 Å². The third-order valence-electron chi connectivity index (χ3n) is 2.86. The van der Waals surface area contributed by atoms with Crippen molar-refractivity contribution in [3.05, 3.63) is 60.2 Å². The number of aromatic nitrogens is 3. The number of rotatable bonds is 4. The molecular weight excluding hydrogens is 266 g/mol. The van der Waals surface area contributed by atoms with E-state index in [0.717, 1.165) is 16.9 Å². The van der Waals surface area contributed by atoms with Crippen LogP contribution in [-0.2, 0) is 0 Å². The molecule has 0 spiro atoms. The molecule has 5 nitrogen and oxygen atoms in total. The molecule has 5 heteroatoms. The Bertz CT molecular complexity index is 751. The van der Waals surface area contributed by atoms with E-state index in [2.05, 4.69) is 15.2 Å². The van der Waals surface area contributed by atoms with Crippen LogP contribution in [0.2, 0.25) is 0 Å². The van der Waals surface area contributed by atoms with Crippen molar-refractivity contribution in [1.29, 1.82) is 0 Å². The zero-order chi connectivity index (χ0) is 14.5. The molecule has 0 amide bonds. The Morgan fingerprint density at radius 2 is 2.05 bits per heavy atom. The van der Waals surface area contributed by atoms with Gasteiger partial charge in [-0.2, -0.15) is 0 Å². The molecule has 0 fully saturated rings. The summed E-state index contributed by atoms with van der Waals surface area (Å²) >= 11 is 0. The fraction of sp³-hybridized carbons (Fsp3) is 0.0625. The van der Waals surface area contributed by atoms with Gasteiger partial charge in [0.2, 0.25) is 11.8 Å². The predicted molar refractivity (Wildman–Crippen MR) is 79.5 cm³/mol. The lowest BCUT2D eigenvalue weighted by molar-refractivity contribution is 0.414. The quantitative estimate of drug-likeness (QED) is 0.733. The number of pyridine rings is 1. The highest BCUT2D eigenvalue weighted by molar-refractivity contribution is 5.66. The van der Waals surface area contributed by atoms with Crippen LogP contribution in [-0.4, -0.2) is 22.3 Å². The van der Waals surface area contributed by atoms with Gasteiger partial charge in [-0.25, -0.2) is 0 Å². The zero-order valence-electron chi connectivity index (χ0n) is 11.4. The summed E-state index contributed by atoms with van der Waals surface area (Å²) < 4.78 is 10.8. The number of methoxy groups -OCH3 is 1. The van der Waals surface area contributed by atoms with Gasteiger partial charge < -0.3 is 9.15 Å². The van der Waals surface area contributed by atoms with Gasteiger partial charge in [-0.15, -0.1) is 10.2 Å².